The Bertz CT molecular complexity index is 851. The van der Waals surface area contributed by atoms with Gasteiger partial charge in [-0.1, -0.05) is 5.16 Å². The molecule has 1 aromatic carbocycles. The smallest absolute Gasteiger partial charge is 0.223 e. The Morgan fingerprint density at radius 2 is 1.65 bits per heavy atom. The van der Waals surface area contributed by atoms with Crippen LogP contribution < -0.4 is 0 Å². The van der Waals surface area contributed by atoms with Gasteiger partial charge in [-0.25, -0.2) is 4.39 Å². The van der Waals surface area contributed by atoms with Gasteiger partial charge in [0.2, 0.25) is 5.89 Å². The van der Waals surface area contributed by atoms with Crippen LogP contribution in [0, 0.1) is 12.7 Å². The molecule has 6 nitrogen and oxygen atoms in total. The Labute approximate surface area is 151 Å². The van der Waals surface area contributed by atoms with Gasteiger partial charge >= 0.3 is 0 Å². The molecule has 0 spiro atoms. The molecule has 4 rings (SSSR count). The summed E-state index contributed by atoms with van der Waals surface area (Å²) in [6.07, 6.45) is 0. The molecule has 136 valence electrons. The first-order valence-corrected chi connectivity index (χ1v) is 8.74. The van der Waals surface area contributed by atoms with Crippen molar-refractivity contribution >= 4 is 0 Å². The highest BCUT2D eigenvalue weighted by Gasteiger charge is 2.19. The lowest BCUT2D eigenvalue weighted by Gasteiger charge is -2.33. The van der Waals surface area contributed by atoms with E-state index < -0.39 is 0 Å². The number of benzene rings is 1. The quantitative estimate of drug-likeness (QED) is 0.700. The normalized spacial score (nSPS) is 16.2. The second kappa shape index (κ2) is 7.39. The fourth-order valence-electron chi connectivity index (χ4n) is 3.16. The van der Waals surface area contributed by atoms with Gasteiger partial charge in [0.05, 0.1) is 13.1 Å². The van der Waals surface area contributed by atoms with Crippen molar-refractivity contribution in [2.45, 2.75) is 20.0 Å². The van der Waals surface area contributed by atoms with Gasteiger partial charge in [-0.05, 0) is 36.4 Å². The monoisotopic (exact) mass is 356 g/mol. The average Bonchev–Trinajstić information content (AvgIpc) is 3.26. The summed E-state index contributed by atoms with van der Waals surface area (Å²) in [6.45, 7) is 7.14. The van der Waals surface area contributed by atoms with Crippen LogP contribution in [0.25, 0.3) is 11.3 Å². The second-order valence-electron chi connectivity index (χ2n) is 6.55. The van der Waals surface area contributed by atoms with E-state index in [4.69, 9.17) is 8.94 Å². The van der Waals surface area contributed by atoms with Crippen LogP contribution in [0.1, 0.15) is 17.5 Å². The predicted octanol–water partition coefficient (Wildman–Crippen LogP) is 3.09. The van der Waals surface area contributed by atoms with E-state index >= 15 is 0 Å². The summed E-state index contributed by atoms with van der Waals surface area (Å²) in [4.78, 5) is 8.95. The van der Waals surface area contributed by atoms with E-state index in [-0.39, 0.29) is 5.82 Å². The topological polar surface area (TPSA) is 58.5 Å². The van der Waals surface area contributed by atoms with Crippen LogP contribution >= 0.6 is 0 Å². The van der Waals surface area contributed by atoms with Gasteiger partial charge in [-0.2, -0.15) is 4.98 Å². The van der Waals surface area contributed by atoms with Gasteiger partial charge in [0.1, 0.15) is 17.3 Å². The second-order valence-corrected chi connectivity index (χ2v) is 6.55. The lowest BCUT2D eigenvalue weighted by atomic mass is 10.2. The van der Waals surface area contributed by atoms with Gasteiger partial charge in [-0.15, -0.1) is 0 Å². The van der Waals surface area contributed by atoms with E-state index in [1.165, 1.54) is 12.1 Å². The first-order valence-electron chi connectivity index (χ1n) is 8.74. The summed E-state index contributed by atoms with van der Waals surface area (Å²) in [7, 11) is 0. The third-order valence-corrected chi connectivity index (χ3v) is 4.57. The molecular weight excluding hydrogens is 335 g/mol. The number of hydrogen-bond donors (Lipinski definition) is 0. The van der Waals surface area contributed by atoms with Gasteiger partial charge in [0.15, 0.2) is 5.82 Å². The zero-order chi connectivity index (χ0) is 17.9. The summed E-state index contributed by atoms with van der Waals surface area (Å²) >= 11 is 0. The van der Waals surface area contributed by atoms with Gasteiger partial charge in [0.25, 0.3) is 0 Å². The molecule has 0 radical (unpaired) electrons. The van der Waals surface area contributed by atoms with Crippen LogP contribution in [0.15, 0.2) is 45.3 Å². The molecule has 0 aliphatic carbocycles. The van der Waals surface area contributed by atoms with Crippen molar-refractivity contribution in [3.8, 4) is 11.3 Å². The van der Waals surface area contributed by atoms with Crippen LogP contribution in [-0.4, -0.2) is 46.1 Å². The van der Waals surface area contributed by atoms with Gasteiger partial charge in [0, 0.05) is 38.7 Å². The van der Waals surface area contributed by atoms with Crippen LogP contribution in [0.4, 0.5) is 4.39 Å². The molecule has 0 N–H and O–H groups in total. The van der Waals surface area contributed by atoms with Crippen LogP contribution in [0.5, 0.6) is 0 Å². The van der Waals surface area contributed by atoms with E-state index in [0.717, 1.165) is 62.2 Å². The molecule has 7 heteroatoms. The Morgan fingerprint density at radius 3 is 2.31 bits per heavy atom. The molecule has 2 aromatic heterocycles. The average molecular weight is 356 g/mol. The molecule has 3 aromatic rings. The first kappa shape index (κ1) is 16.9. The molecule has 1 fully saturated rings. The maximum atomic E-state index is 13.0. The standard InChI is InChI=1S/C19H21FN4O2/c1-14-21-19(22-26-14)13-24-10-8-23(9-11-24)12-17-6-7-18(25-17)15-2-4-16(20)5-3-15/h2-7H,8-13H2,1H3. The molecule has 0 amide bonds. The van der Waals surface area contributed by atoms with Crippen molar-refractivity contribution in [1.29, 1.82) is 0 Å². The number of hydrogen-bond acceptors (Lipinski definition) is 6. The van der Waals surface area contributed by atoms with E-state index in [9.17, 15) is 4.39 Å². The summed E-state index contributed by atoms with van der Waals surface area (Å²) in [5.74, 6) is 2.80. The first-order chi connectivity index (χ1) is 12.7. The molecule has 0 bridgehead atoms. The lowest BCUT2D eigenvalue weighted by Crippen LogP contribution is -2.45. The number of halogens is 1. The number of piperazine rings is 1. The molecular formula is C19H21FN4O2. The minimum absolute atomic E-state index is 0.241. The van der Waals surface area contributed by atoms with Crippen molar-refractivity contribution in [3.05, 3.63) is 59.7 Å². The van der Waals surface area contributed by atoms with Crippen molar-refractivity contribution in [2.24, 2.45) is 0 Å². The highest BCUT2D eigenvalue weighted by molar-refractivity contribution is 5.57. The molecule has 1 aliphatic heterocycles. The maximum Gasteiger partial charge on any atom is 0.223 e. The largest absolute Gasteiger partial charge is 0.460 e. The van der Waals surface area contributed by atoms with E-state index in [0.29, 0.717) is 5.89 Å². The number of nitrogens with zero attached hydrogens (tertiary/aromatic N) is 4. The molecule has 0 unspecified atom stereocenters. The van der Waals surface area contributed by atoms with Gasteiger partial charge < -0.3 is 8.94 Å². The van der Waals surface area contributed by atoms with E-state index in [2.05, 4.69) is 19.9 Å². The predicted molar refractivity (Wildman–Crippen MR) is 93.7 cm³/mol. The Kier molecular flexibility index (Phi) is 4.81. The highest BCUT2D eigenvalue weighted by Crippen LogP contribution is 2.23. The zero-order valence-corrected chi connectivity index (χ0v) is 14.7. The number of aromatic nitrogens is 2. The Balaban J connectivity index is 1.30. The SMILES string of the molecule is Cc1nc(CN2CCN(Cc3ccc(-c4ccc(F)cc4)o3)CC2)no1. The van der Waals surface area contributed by atoms with E-state index in [1.54, 1.807) is 19.1 Å². The van der Waals surface area contributed by atoms with Crippen molar-refractivity contribution in [1.82, 2.24) is 19.9 Å². The third-order valence-electron chi connectivity index (χ3n) is 4.57. The van der Waals surface area contributed by atoms with Crippen molar-refractivity contribution in [3.63, 3.8) is 0 Å². The molecule has 26 heavy (non-hydrogen) atoms. The van der Waals surface area contributed by atoms with Crippen molar-refractivity contribution in [2.75, 3.05) is 26.2 Å². The van der Waals surface area contributed by atoms with Gasteiger partial charge in [-0.3, -0.25) is 9.80 Å². The highest BCUT2D eigenvalue weighted by atomic mass is 19.1. The zero-order valence-electron chi connectivity index (χ0n) is 14.7. The summed E-state index contributed by atoms with van der Waals surface area (Å²) in [5, 5.41) is 3.95. The van der Waals surface area contributed by atoms with Crippen LogP contribution in [-0.2, 0) is 13.1 Å². The Morgan fingerprint density at radius 1 is 0.962 bits per heavy atom. The maximum absolute atomic E-state index is 13.0. The summed E-state index contributed by atoms with van der Waals surface area (Å²) < 4.78 is 24.0. The minimum Gasteiger partial charge on any atom is -0.460 e. The van der Waals surface area contributed by atoms with E-state index in [1.807, 2.05) is 12.1 Å². The van der Waals surface area contributed by atoms with Crippen LogP contribution in [0.2, 0.25) is 0 Å². The molecule has 0 saturated carbocycles. The fourth-order valence-corrected chi connectivity index (χ4v) is 3.16. The lowest BCUT2D eigenvalue weighted by molar-refractivity contribution is 0.113. The molecule has 3 heterocycles. The minimum atomic E-state index is -0.241. The number of furan rings is 1. The molecule has 1 saturated heterocycles. The number of rotatable bonds is 5. The van der Waals surface area contributed by atoms with Crippen LogP contribution in [0.3, 0.4) is 0 Å². The number of aryl methyl sites for hydroxylation is 1. The molecule has 0 atom stereocenters. The Hall–Kier alpha value is -2.51. The summed E-state index contributed by atoms with van der Waals surface area (Å²) in [6, 6.07) is 10.3. The van der Waals surface area contributed by atoms with Crippen molar-refractivity contribution < 1.29 is 13.3 Å². The third kappa shape index (κ3) is 4.00. The molecule has 1 aliphatic rings. The summed E-state index contributed by atoms with van der Waals surface area (Å²) in [5.41, 5.74) is 0.887. The fraction of sp³-hybridized carbons (Fsp3) is 0.368.